The normalized spacial score (nSPS) is 22.4. The number of aromatic amines is 1. The molecule has 0 saturated carbocycles. The molecule has 0 radical (unpaired) electrons. The fraction of sp³-hybridized carbons (Fsp3) is 0.421. The highest BCUT2D eigenvalue weighted by molar-refractivity contribution is 5.98. The molecular formula is C38H47N7O10. The van der Waals surface area contributed by atoms with E-state index in [2.05, 4.69) is 36.9 Å². The number of aryl methyl sites for hydroxylation is 2. The van der Waals surface area contributed by atoms with Crippen molar-refractivity contribution in [2.24, 2.45) is 0 Å². The number of carboxylic acids is 1. The Bertz CT molecular complexity index is 2020. The zero-order valence-electron chi connectivity index (χ0n) is 31.6. The molecule has 0 spiro atoms. The minimum absolute atomic E-state index is 0.0651. The van der Waals surface area contributed by atoms with Crippen LogP contribution in [0, 0.1) is 13.8 Å². The van der Waals surface area contributed by atoms with Crippen LogP contribution < -0.4 is 36.6 Å². The molecule has 1 aromatic heterocycles. The number of carboxylic acid groups (broad SMARTS) is 1. The molecule has 17 nitrogen and oxygen atoms in total. The van der Waals surface area contributed by atoms with Crippen LogP contribution in [-0.4, -0.2) is 94.7 Å². The van der Waals surface area contributed by atoms with Gasteiger partial charge < -0.3 is 46.7 Å². The minimum Gasteiger partial charge on any atom is -0.481 e. The van der Waals surface area contributed by atoms with Gasteiger partial charge in [0.15, 0.2) is 0 Å². The van der Waals surface area contributed by atoms with Crippen LogP contribution in [0.5, 0.6) is 5.75 Å². The molecule has 6 amide bonds. The summed E-state index contributed by atoms with van der Waals surface area (Å²) < 4.78 is 5.83. The molecule has 294 valence electrons. The number of esters is 1. The second-order valence-electron chi connectivity index (χ2n) is 14.5. The lowest BCUT2D eigenvalue weighted by Gasteiger charge is -2.31. The van der Waals surface area contributed by atoms with E-state index in [4.69, 9.17) is 4.74 Å². The van der Waals surface area contributed by atoms with Gasteiger partial charge in [0, 0.05) is 40.9 Å². The van der Waals surface area contributed by atoms with Gasteiger partial charge in [-0.15, -0.1) is 0 Å². The molecule has 17 heteroatoms. The summed E-state index contributed by atoms with van der Waals surface area (Å²) in [5, 5.41) is 25.0. The number of fused-ring (bicyclic) bond motifs is 2. The van der Waals surface area contributed by atoms with E-state index in [0.717, 1.165) is 29.0 Å². The summed E-state index contributed by atoms with van der Waals surface area (Å²) in [6.07, 6.45) is 0.754. The number of nitrogens with one attached hydrogen (secondary N) is 7. The van der Waals surface area contributed by atoms with Crippen molar-refractivity contribution in [3.8, 4) is 5.75 Å². The molecule has 1 aliphatic rings. The number of aromatic nitrogens is 1. The van der Waals surface area contributed by atoms with Crippen LogP contribution in [-0.2, 0) is 50.2 Å². The standard InChI is InChI=1S/C38H47N7O10/c1-20-11-21(2)33-27(12-20)55-35(53)22(3)43-36(54)38(6,15-32(50)51)45-31(49)19-41-29(47)17-40-30(48)18-42-34(52)26(44-28(46)14-37(33,4)5)13-23-16-39-25-10-8-7-9-24(23)25/h7-12,16,22,26,39H,13-15,17-19H2,1-6H3,(H,40,48)(H,41,47)(H,42,52)(H,43,54)(H,44,46)(H,45,49)(H,50,51)/t22-,26?,38-/m0/s1. The molecule has 1 aliphatic heterocycles. The zero-order valence-corrected chi connectivity index (χ0v) is 31.6. The maximum Gasteiger partial charge on any atom is 0.333 e. The predicted molar refractivity (Wildman–Crippen MR) is 199 cm³/mol. The molecule has 0 bridgehead atoms. The van der Waals surface area contributed by atoms with Crippen molar-refractivity contribution in [3.05, 3.63) is 64.8 Å². The maximum atomic E-state index is 13.8. The van der Waals surface area contributed by atoms with Gasteiger partial charge >= 0.3 is 11.9 Å². The van der Waals surface area contributed by atoms with Crippen LogP contribution in [0.15, 0.2) is 42.6 Å². The van der Waals surface area contributed by atoms with E-state index in [-0.39, 0.29) is 18.6 Å². The molecule has 3 atom stereocenters. The smallest absolute Gasteiger partial charge is 0.333 e. The van der Waals surface area contributed by atoms with E-state index in [1.165, 1.54) is 6.92 Å². The Morgan fingerprint density at radius 1 is 0.855 bits per heavy atom. The summed E-state index contributed by atoms with van der Waals surface area (Å²) in [5.41, 5.74) is 0.444. The number of amides is 6. The van der Waals surface area contributed by atoms with Gasteiger partial charge in [0.25, 0.3) is 0 Å². The molecule has 3 aromatic rings. The first-order valence-corrected chi connectivity index (χ1v) is 17.6. The third kappa shape index (κ3) is 10.9. The monoisotopic (exact) mass is 761 g/mol. The quantitative estimate of drug-likeness (QED) is 0.133. The molecule has 2 aromatic carbocycles. The van der Waals surface area contributed by atoms with E-state index in [0.29, 0.717) is 11.1 Å². The first kappa shape index (κ1) is 41.5. The first-order valence-electron chi connectivity index (χ1n) is 17.6. The van der Waals surface area contributed by atoms with Crippen LogP contribution in [0.2, 0.25) is 0 Å². The number of rotatable bonds is 4. The van der Waals surface area contributed by atoms with Gasteiger partial charge in [-0.3, -0.25) is 33.6 Å². The van der Waals surface area contributed by atoms with Crippen LogP contribution in [0.1, 0.15) is 62.8 Å². The molecule has 1 unspecified atom stereocenters. The van der Waals surface area contributed by atoms with Crippen molar-refractivity contribution in [3.63, 3.8) is 0 Å². The van der Waals surface area contributed by atoms with E-state index < -0.39 is 96.5 Å². The summed E-state index contributed by atoms with van der Waals surface area (Å²) in [5.74, 6) is -6.89. The van der Waals surface area contributed by atoms with Crippen molar-refractivity contribution in [1.82, 2.24) is 36.9 Å². The summed E-state index contributed by atoms with van der Waals surface area (Å²) >= 11 is 0. The predicted octanol–water partition coefficient (Wildman–Crippen LogP) is 0.302. The van der Waals surface area contributed by atoms with Crippen molar-refractivity contribution in [1.29, 1.82) is 0 Å². The average Bonchev–Trinajstić information content (AvgIpc) is 3.49. The van der Waals surface area contributed by atoms with E-state index >= 15 is 0 Å². The van der Waals surface area contributed by atoms with Crippen LogP contribution in [0.25, 0.3) is 10.9 Å². The van der Waals surface area contributed by atoms with Gasteiger partial charge in [-0.05, 0) is 56.5 Å². The molecule has 55 heavy (non-hydrogen) atoms. The molecule has 0 fully saturated rings. The topological polar surface area (TPSA) is 254 Å². The largest absolute Gasteiger partial charge is 0.481 e. The Balaban J connectivity index is 1.68. The average molecular weight is 762 g/mol. The third-order valence-electron chi connectivity index (χ3n) is 9.12. The van der Waals surface area contributed by atoms with Gasteiger partial charge in [0.2, 0.25) is 35.4 Å². The van der Waals surface area contributed by atoms with Crippen molar-refractivity contribution >= 4 is 58.3 Å². The van der Waals surface area contributed by atoms with Crippen molar-refractivity contribution < 1.29 is 48.2 Å². The summed E-state index contributed by atoms with van der Waals surface area (Å²) in [6, 6.07) is 8.43. The number of hydrogen-bond donors (Lipinski definition) is 8. The van der Waals surface area contributed by atoms with Crippen LogP contribution >= 0.6 is 0 Å². The second-order valence-corrected chi connectivity index (χ2v) is 14.5. The van der Waals surface area contributed by atoms with E-state index in [1.807, 2.05) is 30.3 Å². The molecule has 4 rings (SSSR count). The maximum absolute atomic E-state index is 13.8. The summed E-state index contributed by atoms with van der Waals surface area (Å²) in [7, 11) is 0. The Kier molecular flexibility index (Phi) is 13.0. The Hall–Kier alpha value is -6.26. The number of H-pyrrole nitrogens is 1. The Morgan fingerprint density at radius 2 is 1.49 bits per heavy atom. The lowest BCUT2D eigenvalue weighted by Crippen LogP contribution is -2.61. The number of aliphatic carboxylic acids is 1. The van der Waals surface area contributed by atoms with E-state index in [1.54, 1.807) is 40.0 Å². The number of ether oxygens (including phenoxy) is 1. The molecule has 0 aliphatic carbocycles. The number of hydrogen-bond acceptors (Lipinski definition) is 9. The zero-order chi connectivity index (χ0) is 40.7. The number of carbonyl (C=O) groups is 8. The lowest BCUT2D eigenvalue weighted by molar-refractivity contribution is -0.145. The third-order valence-corrected chi connectivity index (χ3v) is 9.12. The Labute approximate surface area is 317 Å². The van der Waals surface area contributed by atoms with Crippen LogP contribution in [0.3, 0.4) is 0 Å². The van der Waals surface area contributed by atoms with Gasteiger partial charge in [0.05, 0.1) is 26.1 Å². The number of benzene rings is 2. The van der Waals surface area contributed by atoms with Gasteiger partial charge in [-0.1, -0.05) is 38.1 Å². The first-order chi connectivity index (χ1) is 25.8. The summed E-state index contributed by atoms with van der Waals surface area (Å²) in [6.45, 7) is 7.77. The van der Waals surface area contributed by atoms with Gasteiger partial charge in [0.1, 0.15) is 23.4 Å². The second kappa shape index (κ2) is 17.3. The Morgan fingerprint density at radius 3 is 2.16 bits per heavy atom. The summed E-state index contributed by atoms with van der Waals surface area (Å²) in [4.78, 5) is 107. The van der Waals surface area contributed by atoms with Crippen LogP contribution in [0.4, 0.5) is 0 Å². The highest BCUT2D eigenvalue weighted by Crippen LogP contribution is 2.38. The lowest BCUT2D eigenvalue weighted by atomic mass is 9.78. The molecule has 0 saturated heterocycles. The SMILES string of the molecule is Cc1cc(C)c2c(c1)OC(=O)[C@H](C)NC(=O)[C@](C)(CC(=O)O)NC(=O)CNC(=O)CNC(=O)CNC(=O)C(Cc1c[nH]c3ccccc13)NC(=O)CC2(C)C. The number of para-hydroxylation sites is 1. The fourth-order valence-corrected chi connectivity index (χ4v) is 6.56. The molecular weight excluding hydrogens is 714 g/mol. The highest BCUT2D eigenvalue weighted by Gasteiger charge is 2.39. The number of carbonyl (C=O) groups excluding carboxylic acids is 7. The van der Waals surface area contributed by atoms with E-state index in [9.17, 15) is 43.5 Å². The highest BCUT2D eigenvalue weighted by atomic mass is 16.5. The molecule has 8 N–H and O–H groups in total. The minimum atomic E-state index is -2.06. The van der Waals surface area contributed by atoms with Gasteiger partial charge in [-0.2, -0.15) is 0 Å². The van der Waals surface area contributed by atoms with Crippen molar-refractivity contribution in [2.75, 3.05) is 19.6 Å². The fourth-order valence-electron chi connectivity index (χ4n) is 6.56. The van der Waals surface area contributed by atoms with Crippen molar-refractivity contribution in [2.45, 2.75) is 83.8 Å². The van der Waals surface area contributed by atoms with Gasteiger partial charge in [-0.25, -0.2) is 4.79 Å². The molecule has 2 heterocycles.